The molecule has 2 heterocycles. The van der Waals surface area contributed by atoms with Gasteiger partial charge in [-0.3, -0.25) is 4.79 Å². The number of aromatic amines is 1. The molecule has 0 saturated heterocycles. The summed E-state index contributed by atoms with van der Waals surface area (Å²) in [5.41, 5.74) is 4.27. The van der Waals surface area contributed by atoms with E-state index in [0.29, 0.717) is 18.8 Å². The van der Waals surface area contributed by atoms with Gasteiger partial charge in [0.1, 0.15) is 11.6 Å². The highest BCUT2D eigenvalue weighted by atomic mass is 16.3. The van der Waals surface area contributed by atoms with Crippen molar-refractivity contribution in [2.75, 3.05) is 18.1 Å². The summed E-state index contributed by atoms with van der Waals surface area (Å²) in [7, 11) is 0. The number of fused-ring (bicyclic) bond motifs is 2. The first kappa shape index (κ1) is 13.8. The quantitative estimate of drug-likeness (QED) is 0.688. The van der Waals surface area contributed by atoms with E-state index in [9.17, 15) is 9.90 Å². The van der Waals surface area contributed by atoms with Gasteiger partial charge in [0.15, 0.2) is 0 Å². The first-order chi connectivity index (χ1) is 11.2. The van der Waals surface area contributed by atoms with Gasteiger partial charge in [0, 0.05) is 17.8 Å². The van der Waals surface area contributed by atoms with Crippen molar-refractivity contribution in [2.45, 2.75) is 6.42 Å². The average molecular weight is 309 g/mol. The Morgan fingerprint density at radius 3 is 2.74 bits per heavy atom. The van der Waals surface area contributed by atoms with E-state index in [1.165, 1.54) is 0 Å². The van der Waals surface area contributed by atoms with Crippen LogP contribution in [0.1, 0.15) is 5.56 Å². The molecule has 0 spiro atoms. The number of amides is 1. The average Bonchev–Trinajstić information content (AvgIpc) is 3.07. The second-order valence-electron chi connectivity index (χ2n) is 5.58. The topological polar surface area (TPSA) is 89.5 Å². The molecular formula is C17H15N3O3. The first-order valence-corrected chi connectivity index (χ1v) is 7.39. The van der Waals surface area contributed by atoms with Crippen molar-refractivity contribution in [3.05, 3.63) is 42.0 Å². The molecule has 1 aliphatic rings. The van der Waals surface area contributed by atoms with Gasteiger partial charge in [0.2, 0.25) is 5.91 Å². The number of benzene rings is 2. The predicted octanol–water partition coefficient (Wildman–Crippen LogP) is 1.82. The number of anilines is 1. The number of aliphatic hydroxyl groups excluding tert-OH is 1. The van der Waals surface area contributed by atoms with Gasteiger partial charge in [0.05, 0.1) is 24.1 Å². The molecule has 2 aromatic carbocycles. The van der Waals surface area contributed by atoms with Gasteiger partial charge in [-0.25, -0.2) is 4.98 Å². The molecule has 3 aromatic rings. The fourth-order valence-electron chi connectivity index (χ4n) is 2.98. The molecule has 0 bridgehead atoms. The summed E-state index contributed by atoms with van der Waals surface area (Å²) in [6, 6.07) is 10.6. The molecule has 1 amide bonds. The fourth-order valence-corrected chi connectivity index (χ4v) is 2.98. The highest BCUT2D eigenvalue weighted by molar-refractivity contribution is 6.04. The van der Waals surface area contributed by atoms with Gasteiger partial charge >= 0.3 is 0 Å². The number of nitrogens with zero attached hydrogens (tertiary/aromatic N) is 2. The smallest absolute Gasteiger partial charge is 0.231 e. The van der Waals surface area contributed by atoms with Crippen LogP contribution in [0.3, 0.4) is 0 Å². The molecular weight excluding hydrogens is 294 g/mol. The minimum Gasteiger partial charge on any atom is -0.508 e. The second kappa shape index (κ2) is 5.10. The van der Waals surface area contributed by atoms with Crippen LogP contribution >= 0.6 is 0 Å². The molecule has 1 aliphatic heterocycles. The van der Waals surface area contributed by atoms with E-state index >= 15 is 0 Å². The number of hydrogen-bond donors (Lipinski definition) is 3. The maximum atomic E-state index is 12.0. The number of β-amino-alcohol motifs (C(OH)–C–C–N with tert-alkyl or cyclic N) is 1. The zero-order chi connectivity index (χ0) is 16.0. The minimum atomic E-state index is -0.0669. The molecule has 1 aromatic heterocycles. The van der Waals surface area contributed by atoms with E-state index in [1.54, 1.807) is 29.2 Å². The largest absolute Gasteiger partial charge is 0.508 e. The summed E-state index contributed by atoms with van der Waals surface area (Å²) < 4.78 is 0. The zero-order valence-corrected chi connectivity index (χ0v) is 12.3. The van der Waals surface area contributed by atoms with E-state index in [-0.39, 0.29) is 18.3 Å². The van der Waals surface area contributed by atoms with Crippen LogP contribution in [0.15, 0.2) is 36.4 Å². The number of carbonyl (C=O) groups excluding carboxylic acids is 1. The Morgan fingerprint density at radius 1 is 1.22 bits per heavy atom. The van der Waals surface area contributed by atoms with E-state index in [1.807, 2.05) is 12.1 Å². The Labute approximate surface area is 132 Å². The number of aromatic hydroxyl groups is 1. The van der Waals surface area contributed by atoms with Crippen molar-refractivity contribution in [1.82, 2.24) is 9.97 Å². The van der Waals surface area contributed by atoms with Crippen LogP contribution in [0.25, 0.3) is 22.4 Å². The van der Waals surface area contributed by atoms with Crippen molar-refractivity contribution < 1.29 is 15.0 Å². The lowest BCUT2D eigenvalue weighted by molar-refractivity contribution is -0.117. The third-order valence-corrected chi connectivity index (χ3v) is 4.08. The number of phenols is 1. The maximum Gasteiger partial charge on any atom is 0.231 e. The molecule has 116 valence electrons. The summed E-state index contributed by atoms with van der Waals surface area (Å²) in [6.07, 6.45) is 0.346. The second-order valence-corrected chi connectivity index (χ2v) is 5.58. The summed E-state index contributed by atoms with van der Waals surface area (Å²) >= 11 is 0. The minimum absolute atomic E-state index is 0.000427. The Bertz CT molecular complexity index is 899. The third kappa shape index (κ3) is 2.24. The van der Waals surface area contributed by atoms with E-state index < -0.39 is 0 Å². The van der Waals surface area contributed by atoms with E-state index in [2.05, 4.69) is 9.97 Å². The van der Waals surface area contributed by atoms with Crippen LogP contribution in [0.4, 0.5) is 5.69 Å². The van der Waals surface area contributed by atoms with Gasteiger partial charge in [-0.1, -0.05) is 0 Å². The molecule has 0 radical (unpaired) electrons. The van der Waals surface area contributed by atoms with Gasteiger partial charge < -0.3 is 20.1 Å². The Balaban J connectivity index is 1.79. The van der Waals surface area contributed by atoms with Crippen molar-refractivity contribution in [2.24, 2.45) is 0 Å². The summed E-state index contributed by atoms with van der Waals surface area (Å²) in [5.74, 6) is 0.922. The van der Waals surface area contributed by atoms with Crippen LogP contribution in [0, 0.1) is 0 Å². The molecule has 23 heavy (non-hydrogen) atoms. The predicted molar refractivity (Wildman–Crippen MR) is 86.3 cm³/mol. The first-order valence-electron chi connectivity index (χ1n) is 7.39. The maximum absolute atomic E-state index is 12.0. The SMILES string of the molecule is O=C1Cc2cc3[nH]c(-c4ccc(O)cc4)nc3cc2N1CCO. The number of carbonyl (C=O) groups is 1. The molecule has 0 unspecified atom stereocenters. The van der Waals surface area contributed by atoms with E-state index in [0.717, 1.165) is 27.8 Å². The number of aliphatic hydroxyl groups is 1. The Morgan fingerprint density at radius 2 is 2.00 bits per heavy atom. The highest BCUT2D eigenvalue weighted by Crippen LogP contribution is 2.33. The fraction of sp³-hybridized carbons (Fsp3) is 0.176. The van der Waals surface area contributed by atoms with Crippen LogP contribution < -0.4 is 4.90 Å². The summed E-state index contributed by atoms with van der Waals surface area (Å²) in [6.45, 7) is 0.231. The summed E-state index contributed by atoms with van der Waals surface area (Å²) in [5, 5.41) is 18.5. The van der Waals surface area contributed by atoms with Crippen LogP contribution in [0.5, 0.6) is 5.75 Å². The third-order valence-electron chi connectivity index (χ3n) is 4.08. The molecule has 0 aliphatic carbocycles. The standard InChI is InChI=1S/C17H15N3O3/c21-6-5-20-15-9-14-13(7-11(15)8-16(20)23)18-17(19-14)10-1-3-12(22)4-2-10/h1-4,7,9,21-22H,5-6,8H2,(H,18,19). The molecule has 6 nitrogen and oxygen atoms in total. The van der Waals surface area contributed by atoms with Crippen LogP contribution in [0.2, 0.25) is 0 Å². The number of aromatic nitrogens is 2. The lowest BCUT2D eigenvalue weighted by atomic mass is 10.1. The number of hydrogen-bond acceptors (Lipinski definition) is 4. The van der Waals surface area contributed by atoms with Crippen molar-refractivity contribution in [3.8, 4) is 17.1 Å². The Kier molecular flexibility index (Phi) is 3.06. The number of imidazole rings is 1. The molecule has 6 heteroatoms. The lowest BCUT2D eigenvalue weighted by Gasteiger charge is -2.15. The van der Waals surface area contributed by atoms with Crippen molar-refractivity contribution in [3.63, 3.8) is 0 Å². The van der Waals surface area contributed by atoms with Gasteiger partial charge in [-0.15, -0.1) is 0 Å². The summed E-state index contributed by atoms with van der Waals surface area (Å²) in [4.78, 5) is 21.4. The molecule has 0 atom stereocenters. The van der Waals surface area contributed by atoms with Gasteiger partial charge in [-0.2, -0.15) is 0 Å². The monoisotopic (exact) mass is 309 g/mol. The molecule has 4 rings (SSSR count). The Hall–Kier alpha value is -2.86. The number of phenolic OH excluding ortho intramolecular Hbond substituents is 1. The van der Waals surface area contributed by atoms with Crippen LogP contribution in [-0.2, 0) is 11.2 Å². The van der Waals surface area contributed by atoms with Crippen LogP contribution in [-0.4, -0.2) is 39.2 Å². The number of rotatable bonds is 3. The molecule has 3 N–H and O–H groups in total. The number of nitrogens with one attached hydrogen (secondary N) is 1. The highest BCUT2D eigenvalue weighted by Gasteiger charge is 2.27. The lowest BCUT2D eigenvalue weighted by Crippen LogP contribution is -2.29. The van der Waals surface area contributed by atoms with Gasteiger partial charge in [0.25, 0.3) is 0 Å². The normalized spacial score (nSPS) is 13.8. The molecule has 0 fully saturated rings. The molecule has 0 saturated carbocycles. The number of H-pyrrole nitrogens is 1. The van der Waals surface area contributed by atoms with E-state index in [4.69, 9.17) is 5.11 Å². The zero-order valence-electron chi connectivity index (χ0n) is 12.3. The van der Waals surface area contributed by atoms with Crippen molar-refractivity contribution in [1.29, 1.82) is 0 Å². The van der Waals surface area contributed by atoms with Crippen molar-refractivity contribution >= 4 is 22.6 Å². The van der Waals surface area contributed by atoms with Gasteiger partial charge in [-0.05, 0) is 42.0 Å².